The fourth-order valence-electron chi connectivity index (χ4n) is 2.74. The van der Waals surface area contributed by atoms with Crippen LogP contribution in [-0.4, -0.2) is 47.8 Å². The van der Waals surface area contributed by atoms with Crippen molar-refractivity contribution in [2.45, 2.75) is 51.7 Å². The molecule has 0 aliphatic carbocycles. The Morgan fingerprint density at radius 1 is 1.48 bits per heavy atom. The molecule has 2 N–H and O–H groups in total. The molecule has 2 heterocycles. The summed E-state index contributed by atoms with van der Waals surface area (Å²) in [6, 6.07) is -0.502. The van der Waals surface area contributed by atoms with Crippen molar-refractivity contribution in [3.8, 4) is 0 Å². The summed E-state index contributed by atoms with van der Waals surface area (Å²) in [4.78, 5) is 24.6. The molecule has 1 atom stereocenters. The van der Waals surface area contributed by atoms with E-state index in [1.54, 1.807) is 27.7 Å². The van der Waals surface area contributed by atoms with E-state index in [2.05, 4.69) is 5.32 Å². The van der Waals surface area contributed by atoms with Crippen molar-refractivity contribution < 1.29 is 28.2 Å². The molecule has 1 unspecified atom stereocenters. The number of nitrogens with zero attached hydrogens (tertiary/aromatic N) is 1. The Bertz CT molecular complexity index is 670. The molecule has 0 saturated heterocycles. The number of hydrogen-bond donors (Lipinski definition) is 2. The lowest BCUT2D eigenvalue weighted by Crippen LogP contribution is -2.49. The molecule has 1 aliphatic rings. The van der Waals surface area contributed by atoms with Crippen molar-refractivity contribution >= 4 is 29.1 Å². The third-order valence-corrected chi connectivity index (χ3v) is 4.48. The molecule has 0 aromatic carbocycles. The molecule has 0 bridgehead atoms. The van der Waals surface area contributed by atoms with Crippen LogP contribution in [0.1, 0.15) is 42.9 Å². The predicted octanol–water partition coefficient (Wildman–Crippen LogP) is 3.36. The van der Waals surface area contributed by atoms with Crippen LogP contribution in [0.5, 0.6) is 0 Å². The molecule has 9 heteroatoms. The van der Waals surface area contributed by atoms with Gasteiger partial charge < -0.3 is 20.1 Å². The summed E-state index contributed by atoms with van der Waals surface area (Å²) in [6.45, 7) is 6.29. The maximum Gasteiger partial charge on any atom is 0.407 e. The van der Waals surface area contributed by atoms with Crippen LogP contribution in [0.15, 0.2) is 5.38 Å². The second-order valence-electron chi connectivity index (χ2n) is 7.20. The molecule has 1 aliphatic heterocycles. The maximum atomic E-state index is 14.0. The van der Waals surface area contributed by atoms with Gasteiger partial charge in [-0.15, -0.1) is 11.3 Å². The standard InChI is InChI=1S/C16H22F2N2O4S/c1-9(19-14(23)24-15(2,3)4)6-20-8-16(17,18)5-10-7-25-12(11(10)20)13(21)22/h7,9H,5-6,8H2,1-4H3,(H,19,23)(H,21,22). The van der Waals surface area contributed by atoms with Crippen LogP contribution in [0.3, 0.4) is 0 Å². The van der Waals surface area contributed by atoms with Gasteiger partial charge in [-0.3, -0.25) is 0 Å². The van der Waals surface area contributed by atoms with Crippen LogP contribution >= 0.6 is 11.3 Å². The summed E-state index contributed by atoms with van der Waals surface area (Å²) >= 11 is 0.940. The molecule has 2 rings (SSSR count). The highest BCUT2D eigenvalue weighted by Gasteiger charge is 2.41. The molecular weight excluding hydrogens is 354 g/mol. The second-order valence-corrected chi connectivity index (χ2v) is 8.08. The largest absolute Gasteiger partial charge is 0.477 e. The lowest BCUT2D eigenvalue weighted by Gasteiger charge is -2.36. The van der Waals surface area contributed by atoms with E-state index in [-0.39, 0.29) is 11.4 Å². The van der Waals surface area contributed by atoms with Gasteiger partial charge in [0.15, 0.2) is 0 Å². The van der Waals surface area contributed by atoms with Gasteiger partial charge in [-0.25, -0.2) is 18.4 Å². The third kappa shape index (κ3) is 5.04. The number of amides is 1. The number of carbonyl (C=O) groups excluding carboxylic acids is 1. The Labute approximate surface area is 148 Å². The van der Waals surface area contributed by atoms with Gasteiger partial charge in [0.2, 0.25) is 0 Å². The Morgan fingerprint density at radius 2 is 2.12 bits per heavy atom. The molecule has 1 aromatic heterocycles. The molecule has 1 aromatic rings. The first-order valence-electron chi connectivity index (χ1n) is 7.84. The van der Waals surface area contributed by atoms with Crippen molar-refractivity contribution in [1.29, 1.82) is 0 Å². The van der Waals surface area contributed by atoms with E-state index in [0.717, 1.165) is 11.3 Å². The van der Waals surface area contributed by atoms with Gasteiger partial charge in [-0.05, 0) is 38.6 Å². The van der Waals surface area contributed by atoms with E-state index in [4.69, 9.17) is 4.74 Å². The van der Waals surface area contributed by atoms with Crippen molar-refractivity contribution in [3.05, 3.63) is 15.8 Å². The van der Waals surface area contributed by atoms with Crippen LogP contribution < -0.4 is 10.2 Å². The third-order valence-electron chi connectivity index (χ3n) is 3.48. The van der Waals surface area contributed by atoms with Crippen LogP contribution in [0.25, 0.3) is 0 Å². The minimum atomic E-state index is -2.95. The average Bonchev–Trinajstić information content (AvgIpc) is 2.77. The van der Waals surface area contributed by atoms with Gasteiger partial charge in [0.25, 0.3) is 5.92 Å². The van der Waals surface area contributed by atoms with Crippen LogP contribution in [0.2, 0.25) is 0 Å². The Kier molecular flexibility index (Phi) is 5.27. The first-order valence-corrected chi connectivity index (χ1v) is 8.72. The number of ether oxygens (including phenoxy) is 1. The molecule has 0 spiro atoms. The lowest BCUT2D eigenvalue weighted by atomic mass is 10.0. The van der Waals surface area contributed by atoms with Crippen LogP contribution in [0, 0.1) is 0 Å². The Hall–Kier alpha value is -1.90. The summed E-state index contributed by atoms with van der Waals surface area (Å²) in [5, 5.41) is 13.3. The zero-order valence-electron chi connectivity index (χ0n) is 14.6. The van der Waals surface area contributed by atoms with Gasteiger partial charge in [-0.1, -0.05) is 0 Å². The lowest BCUT2D eigenvalue weighted by molar-refractivity contribution is 0.00504. The number of fused-ring (bicyclic) bond motifs is 1. The van der Waals surface area contributed by atoms with Gasteiger partial charge in [0.05, 0.1) is 12.2 Å². The summed E-state index contributed by atoms with van der Waals surface area (Å²) < 4.78 is 33.1. The number of carbonyl (C=O) groups is 2. The Balaban J connectivity index is 2.15. The number of alkyl carbamates (subject to hydrolysis) is 1. The van der Waals surface area contributed by atoms with Crippen molar-refractivity contribution in [2.75, 3.05) is 18.0 Å². The van der Waals surface area contributed by atoms with Crippen LogP contribution in [-0.2, 0) is 11.2 Å². The number of halogens is 2. The molecule has 0 saturated carbocycles. The monoisotopic (exact) mass is 376 g/mol. The summed E-state index contributed by atoms with van der Waals surface area (Å²) in [5.41, 5.74) is -0.0247. The van der Waals surface area contributed by atoms with Crippen molar-refractivity contribution in [2.24, 2.45) is 0 Å². The highest BCUT2D eigenvalue weighted by atomic mass is 32.1. The first kappa shape index (κ1) is 19.4. The molecule has 1 amide bonds. The fourth-order valence-corrected chi connectivity index (χ4v) is 3.67. The zero-order chi connectivity index (χ0) is 19.0. The number of alkyl halides is 2. The molecular formula is C16H22F2N2O4S. The summed E-state index contributed by atoms with van der Waals surface area (Å²) in [5.74, 6) is -4.09. The van der Waals surface area contributed by atoms with E-state index in [1.807, 2.05) is 0 Å². The number of carboxylic acid groups (broad SMARTS) is 1. The van der Waals surface area contributed by atoms with Gasteiger partial charge in [-0.2, -0.15) is 0 Å². The zero-order valence-corrected chi connectivity index (χ0v) is 15.4. The van der Waals surface area contributed by atoms with Crippen molar-refractivity contribution in [1.82, 2.24) is 5.32 Å². The number of aromatic carboxylic acids is 1. The van der Waals surface area contributed by atoms with E-state index < -0.39 is 42.6 Å². The minimum absolute atomic E-state index is 0.0370. The smallest absolute Gasteiger partial charge is 0.407 e. The highest BCUT2D eigenvalue weighted by Crippen LogP contribution is 2.40. The van der Waals surface area contributed by atoms with E-state index in [1.165, 1.54) is 10.3 Å². The number of thiophene rings is 1. The summed E-state index contributed by atoms with van der Waals surface area (Å²) in [7, 11) is 0. The topological polar surface area (TPSA) is 78.9 Å². The van der Waals surface area contributed by atoms with Gasteiger partial charge in [0, 0.05) is 19.0 Å². The first-order chi connectivity index (χ1) is 11.4. The SMILES string of the molecule is CC(CN1CC(F)(F)Cc2csc(C(=O)O)c21)NC(=O)OC(C)(C)C. The molecule has 140 valence electrons. The molecule has 25 heavy (non-hydrogen) atoms. The van der Waals surface area contributed by atoms with Gasteiger partial charge in [0.1, 0.15) is 10.5 Å². The number of hydrogen-bond acceptors (Lipinski definition) is 5. The molecule has 0 radical (unpaired) electrons. The minimum Gasteiger partial charge on any atom is -0.477 e. The van der Waals surface area contributed by atoms with Crippen LogP contribution in [0.4, 0.5) is 19.3 Å². The maximum absolute atomic E-state index is 14.0. The number of nitrogens with one attached hydrogen (secondary N) is 1. The van der Waals surface area contributed by atoms with E-state index >= 15 is 0 Å². The number of anilines is 1. The second kappa shape index (κ2) is 6.78. The highest BCUT2D eigenvalue weighted by molar-refractivity contribution is 7.12. The normalized spacial score (nSPS) is 17.6. The van der Waals surface area contributed by atoms with E-state index in [0.29, 0.717) is 11.3 Å². The number of rotatable bonds is 4. The Morgan fingerprint density at radius 3 is 2.68 bits per heavy atom. The molecule has 6 nitrogen and oxygen atoms in total. The quantitative estimate of drug-likeness (QED) is 0.842. The predicted molar refractivity (Wildman–Crippen MR) is 91.0 cm³/mol. The number of carboxylic acids is 1. The van der Waals surface area contributed by atoms with Crippen molar-refractivity contribution in [3.63, 3.8) is 0 Å². The summed E-state index contributed by atoms with van der Waals surface area (Å²) in [6.07, 6.45) is -1.12. The van der Waals surface area contributed by atoms with Gasteiger partial charge >= 0.3 is 12.1 Å². The molecule has 0 fully saturated rings. The average molecular weight is 376 g/mol. The van der Waals surface area contributed by atoms with E-state index in [9.17, 15) is 23.5 Å². The fraction of sp³-hybridized carbons (Fsp3) is 0.625.